The Labute approximate surface area is 211 Å². The first-order valence-corrected chi connectivity index (χ1v) is 11.8. The molecule has 0 aliphatic carbocycles. The number of allylic oxidation sites excluding steroid dienone is 1. The van der Waals surface area contributed by atoms with Crippen molar-refractivity contribution in [1.29, 1.82) is 0 Å². The number of rotatable bonds is 9. The Kier molecular flexibility index (Phi) is 7.72. The molecule has 0 bridgehead atoms. The number of halogens is 5. The highest BCUT2D eigenvalue weighted by Gasteiger charge is 2.57. The maximum absolute atomic E-state index is 13.8. The molecule has 1 aromatic carbocycles. The average Bonchev–Trinajstić information content (AvgIpc) is 3.50. The van der Waals surface area contributed by atoms with Crippen LogP contribution in [0, 0.1) is 6.92 Å². The normalized spacial score (nSPS) is 20.8. The number of nitrogens with zero attached hydrogens (tertiary/aromatic N) is 2. The highest BCUT2D eigenvalue weighted by molar-refractivity contribution is 5.49. The van der Waals surface area contributed by atoms with Crippen molar-refractivity contribution in [3.05, 3.63) is 64.8 Å². The van der Waals surface area contributed by atoms with Crippen LogP contribution in [0.1, 0.15) is 47.8 Å². The minimum atomic E-state index is -4.54. The summed E-state index contributed by atoms with van der Waals surface area (Å²) in [6.07, 6.45) is -5.66. The van der Waals surface area contributed by atoms with Crippen LogP contribution in [0.5, 0.6) is 0 Å². The van der Waals surface area contributed by atoms with Gasteiger partial charge in [-0.15, -0.1) is 0 Å². The van der Waals surface area contributed by atoms with E-state index in [-0.39, 0.29) is 37.3 Å². The standard InChI is InChI=1S/C25H29F5N4O3/c1-15(34-24(25(28,29)30)7-8-35-14-24)11-19-20(22-36-9-10-37-22)21(33-16(2)32-19)31-13-17-5-4-6-18(12-17)23(3,26)27/h4-6,12,22,34H,1,7-11,13-14H2,2-3H3,(H,31,32,33). The third-order valence-electron chi connectivity index (χ3n) is 6.25. The zero-order valence-electron chi connectivity index (χ0n) is 20.6. The third kappa shape index (κ3) is 6.19. The summed E-state index contributed by atoms with van der Waals surface area (Å²) in [6, 6.07) is 5.99. The summed E-state index contributed by atoms with van der Waals surface area (Å²) in [6.45, 7) is 6.57. The van der Waals surface area contributed by atoms with Gasteiger partial charge in [0.15, 0.2) is 11.8 Å². The lowest BCUT2D eigenvalue weighted by Crippen LogP contribution is -2.57. The fourth-order valence-electron chi connectivity index (χ4n) is 4.36. The van der Waals surface area contributed by atoms with Gasteiger partial charge in [-0.3, -0.25) is 0 Å². The summed E-state index contributed by atoms with van der Waals surface area (Å²) in [5.74, 6) is -2.29. The van der Waals surface area contributed by atoms with Crippen molar-refractivity contribution in [2.24, 2.45) is 0 Å². The maximum atomic E-state index is 13.8. The first-order chi connectivity index (χ1) is 17.4. The lowest BCUT2D eigenvalue weighted by atomic mass is 9.96. The number of hydrogen-bond acceptors (Lipinski definition) is 7. The Balaban J connectivity index is 1.60. The van der Waals surface area contributed by atoms with Crippen LogP contribution in [0.3, 0.4) is 0 Å². The molecule has 2 fully saturated rings. The SMILES string of the molecule is C=C(Cc1nc(C)nc(NCc2cccc(C(C)(F)F)c2)c1C1OCCO1)NC1(C(F)(F)F)CCOC1. The number of benzene rings is 1. The highest BCUT2D eigenvalue weighted by Crippen LogP contribution is 2.38. The van der Waals surface area contributed by atoms with E-state index in [9.17, 15) is 22.0 Å². The molecular formula is C25H29F5N4O3. The van der Waals surface area contributed by atoms with Crippen LogP contribution in [-0.2, 0) is 33.1 Å². The molecule has 12 heteroatoms. The van der Waals surface area contributed by atoms with Crippen molar-refractivity contribution < 1.29 is 36.2 Å². The summed E-state index contributed by atoms with van der Waals surface area (Å²) >= 11 is 0. The number of ether oxygens (including phenoxy) is 3. The van der Waals surface area contributed by atoms with Gasteiger partial charge >= 0.3 is 6.18 Å². The van der Waals surface area contributed by atoms with E-state index in [1.807, 2.05) is 0 Å². The molecule has 202 valence electrons. The topological polar surface area (TPSA) is 77.5 Å². The third-order valence-corrected chi connectivity index (χ3v) is 6.25. The van der Waals surface area contributed by atoms with E-state index in [4.69, 9.17) is 14.2 Å². The molecule has 0 amide bonds. The Morgan fingerprint density at radius 1 is 1.14 bits per heavy atom. The Morgan fingerprint density at radius 2 is 1.86 bits per heavy atom. The Morgan fingerprint density at radius 3 is 2.49 bits per heavy atom. The first kappa shape index (κ1) is 27.2. The van der Waals surface area contributed by atoms with Crippen LogP contribution >= 0.6 is 0 Å². The summed E-state index contributed by atoms with van der Waals surface area (Å²) in [4.78, 5) is 8.90. The molecule has 2 N–H and O–H groups in total. The predicted molar refractivity (Wildman–Crippen MR) is 125 cm³/mol. The van der Waals surface area contributed by atoms with E-state index >= 15 is 0 Å². The molecule has 0 saturated carbocycles. The quantitative estimate of drug-likeness (QED) is 0.448. The number of hydrogen-bond donors (Lipinski definition) is 2. The number of alkyl halides is 5. The average molecular weight is 529 g/mol. The van der Waals surface area contributed by atoms with Crippen molar-refractivity contribution in [1.82, 2.24) is 15.3 Å². The lowest BCUT2D eigenvalue weighted by Gasteiger charge is -2.33. The molecule has 2 aliphatic rings. The fourth-order valence-corrected chi connectivity index (χ4v) is 4.36. The summed E-state index contributed by atoms with van der Waals surface area (Å²) < 4.78 is 85.4. The van der Waals surface area contributed by atoms with Gasteiger partial charge in [-0.1, -0.05) is 24.8 Å². The second-order valence-electron chi connectivity index (χ2n) is 9.28. The second kappa shape index (κ2) is 10.5. The van der Waals surface area contributed by atoms with Gasteiger partial charge in [0, 0.05) is 44.2 Å². The molecule has 2 aromatic rings. The molecule has 3 heterocycles. The van der Waals surface area contributed by atoms with Crippen LogP contribution < -0.4 is 10.6 Å². The van der Waals surface area contributed by atoms with Crippen molar-refractivity contribution in [3.8, 4) is 0 Å². The van der Waals surface area contributed by atoms with Crippen molar-refractivity contribution >= 4 is 5.82 Å². The van der Waals surface area contributed by atoms with Gasteiger partial charge in [-0.2, -0.15) is 13.2 Å². The van der Waals surface area contributed by atoms with Crippen LogP contribution in [0.4, 0.5) is 27.8 Å². The minimum Gasteiger partial charge on any atom is -0.379 e. The van der Waals surface area contributed by atoms with E-state index in [2.05, 4.69) is 27.2 Å². The maximum Gasteiger partial charge on any atom is 0.413 e. The molecule has 37 heavy (non-hydrogen) atoms. The van der Waals surface area contributed by atoms with Gasteiger partial charge in [-0.25, -0.2) is 18.7 Å². The summed E-state index contributed by atoms with van der Waals surface area (Å²) in [5, 5.41) is 5.68. The second-order valence-corrected chi connectivity index (χ2v) is 9.28. The molecule has 1 atom stereocenters. The minimum absolute atomic E-state index is 0.0133. The van der Waals surface area contributed by atoms with Crippen LogP contribution in [-0.4, -0.2) is 48.1 Å². The van der Waals surface area contributed by atoms with Gasteiger partial charge in [0.25, 0.3) is 5.92 Å². The summed E-state index contributed by atoms with van der Waals surface area (Å²) in [5.41, 5.74) is -0.846. The van der Waals surface area contributed by atoms with Gasteiger partial charge in [0.05, 0.1) is 31.1 Å². The molecular weight excluding hydrogens is 499 g/mol. The van der Waals surface area contributed by atoms with E-state index in [0.717, 1.165) is 6.92 Å². The molecule has 1 aromatic heterocycles. The van der Waals surface area contributed by atoms with Crippen molar-refractivity contribution in [3.63, 3.8) is 0 Å². The van der Waals surface area contributed by atoms with Crippen LogP contribution in [0.2, 0.25) is 0 Å². The Hall–Kier alpha value is -2.83. The smallest absolute Gasteiger partial charge is 0.379 e. The zero-order valence-corrected chi connectivity index (χ0v) is 20.6. The molecule has 1 unspecified atom stereocenters. The van der Waals surface area contributed by atoms with E-state index in [1.165, 1.54) is 12.1 Å². The predicted octanol–water partition coefficient (Wildman–Crippen LogP) is 4.92. The monoisotopic (exact) mass is 528 g/mol. The number of nitrogens with one attached hydrogen (secondary N) is 2. The van der Waals surface area contributed by atoms with E-state index < -0.39 is 30.5 Å². The number of aromatic nitrogens is 2. The molecule has 0 spiro atoms. The van der Waals surface area contributed by atoms with Crippen molar-refractivity contribution in [2.75, 3.05) is 31.7 Å². The molecule has 4 rings (SSSR count). The van der Waals surface area contributed by atoms with Gasteiger partial charge in [0.1, 0.15) is 11.6 Å². The Bertz CT molecular complexity index is 1120. The number of anilines is 1. The highest BCUT2D eigenvalue weighted by atomic mass is 19.4. The first-order valence-electron chi connectivity index (χ1n) is 11.8. The largest absolute Gasteiger partial charge is 0.413 e. The van der Waals surface area contributed by atoms with Crippen molar-refractivity contribution in [2.45, 2.75) is 57.2 Å². The lowest BCUT2D eigenvalue weighted by molar-refractivity contribution is -0.193. The van der Waals surface area contributed by atoms with Gasteiger partial charge < -0.3 is 24.8 Å². The van der Waals surface area contributed by atoms with Crippen LogP contribution in [0.15, 0.2) is 36.5 Å². The van der Waals surface area contributed by atoms with Gasteiger partial charge in [-0.05, 0) is 18.6 Å². The fraction of sp³-hybridized carbons (Fsp3) is 0.520. The molecule has 7 nitrogen and oxygen atoms in total. The molecule has 2 saturated heterocycles. The van der Waals surface area contributed by atoms with Gasteiger partial charge in [0.2, 0.25) is 0 Å². The molecule has 2 aliphatic heterocycles. The summed E-state index contributed by atoms with van der Waals surface area (Å²) in [7, 11) is 0. The number of aryl methyl sites for hydroxylation is 1. The van der Waals surface area contributed by atoms with E-state index in [0.29, 0.717) is 41.7 Å². The van der Waals surface area contributed by atoms with E-state index in [1.54, 1.807) is 19.1 Å². The van der Waals surface area contributed by atoms with Crippen LogP contribution in [0.25, 0.3) is 0 Å². The zero-order chi connectivity index (χ0) is 26.8. The molecule has 0 radical (unpaired) electrons.